The topological polar surface area (TPSA) is 80.9 Å². The lowest BCUT2D eigenvalue weighted by atomic mass is 10.0. The van der Waals surface area contributed by atoms with Gasteiger partial charge < -0.3 is 20.4 Å². The van der Waals surface area contributed by atoms with E-state index >= 15 is 0 Å². The minimum atomic E-state index is -0.922. The van der Waals surface area contributed by atoms with Gasteiger partial charge >= 0.3 is 0 Å². The first-order valence-corrected chi connectivity index (χ1v) is 3.98. The third-order valence-corrected chi connectivity index (χ3v) is 1.82. The van der Waals surface area contributed by atoms with Crippen LogP contribution in [0.4, 0.5) is 0 Å². The minimum Gasteiger partial charge on any atom is -0.513 e. The van der Waals surface area contributed by atoms with Gasteiger partial charge in [0.25, 0.3) is 0 Å². The molecule has 0 aliphatic heterocycles. The number of rotatable bonds is 5. The molecule has 0 spiro atoms. The highest BCUT2D eigenvalue weighted by Crippen LogP contribution is 2.13. The van der Waals surface area contributed by atoms with E-state index in [1.807, 2.05) is 0 Å². The molecule has 4 heteroatoms. The molecule has 4 N–H and O–H groups in total. The van der Waals surface area contributed by atoms with E-state index in [4.69, 9.17) is 15.3 Å². The van der Waals surface area contributed by atoms with Gasteiger partial charge in [-0.05, 0) is 18.1 Å². The summed E-state index contributed by atoms with van der Waals surface area (Å²) in [6.45, 7) is 4.26. The number of hydrogen-bond acceptors (Lipinski definition) is 4. The van der Waals surface area contributed by atoms with Crippen LogP contribution >= 0.6 is 0 Å². The van der Waals surface area contributed by atoms with E-state index in [9.17, 15) is 5.11 Å². The van der Waals surface area contributed by atoms with Gasteiger partial charge in [0.2, 0.25) is 0 Å². The van der Waals surface area contributed by atoms with Crippen LogP contribution in [0.2, 0.25) is 0 Å². The zero-order chi connectivity index (χ0) is 10.4. The number of allylic oxidation sites excluding steroid dienone is 1. The first-order chi connectivity index (χ1) is 6.02. The zero-order valence-corrected chi connectivity index (χ0v) is 7.69. The molecule has 0 saturated carbocycles. The summed E-state index contributed by atoms with van der Waals surface area (Å²) < 4.78 is 0. The Bertz CT molecular complexity index is 204. The van der Waals surface area contributed by atoms with Gasteiger partial charge in [0.1, 0.15) is 0 Å². The average molecular weight is 188 g/mol. The summed E-state index contributed by atoms with van der Waals surface area (Å²) in [4.78, 5) is 0. The minimum absolute atomic E-state index is 0.00714. The molecule has 0 fully saturated rings. The molecule has 0 aromatic carbocycles. The van der Waals surface area contributed by atoms with Crippen LogP contribution in [0.25, 0.3) is 0 Å². The van der Waals surface area contributed by atoms with Crippen molar-refractivity contribution >= 4 is 0 Å². The van der Waals surface area contributed by atoms with Crippen molar-refractivity contribution in [3.05, 3.63) is 23.5 Å². The number of aliphatic hydroxyl groups excluding tert-OH is 4. The van der Waals surface area contributed by atoms with Crippen molar-refractivity contribution < 1.29 is 20.4 Å². The predicted octanol–water partition coefficient (Wildman–Crippen LogP) is 0.110. The van der Waals surface area contributed by atoms with Gasteiger partial charge in [-0.25, -0.2) is 0 Å². The molecule has 0 aromatic rings. The van der Waals surface area contributed by atoms with Gasteiger partial charge in [-0.1, -0.05) is 6.58 Å². The summed E-state index contributed by atoms with van der Waals surface area (Å²) in [5.74, 6) is -0.00714. The molecule has 0 aliphatic carbocycles. The molecule has 0 aromatic heterocycles. The van der Waals surface area contributed by atoms with Crippen molar-refractivity contribution in [1.29, 1.82) is 0 Å². The van der Waals surface area contributed by atoms with E-state index in [0.29, 0.717) is 5.57 Å². The third kappa shape index (κ3) is 4.07. The summed E-state index contributed by atoms with van der Waals surface area (Å²) in [6.07, 6.45) is -0.827. The second-order valence-electron chi connectivity index (χ2n) is 2.88. The summed E-state index contributed by atoms with van der Waals surface area (Å²) in [5.41, 5.74) is 0.620. The van der Waals surface area contributed by atoms with Crippen LogP contribution in [-0.4, -0.2) is 39.7 Å². The van der Waals surface area contributed by atoms with Crippen LogP contribution in [0.1, 0.15) is 13.3 Å². The second-order valence-corrected chi connectivity index (χ2v) is 2.88. The summed E-state index contributed by atoms with van der Waals surface area (Å²) in [5, 5.41) is 35.8. The molecule has 0 saturated heterocycles. The Balaban J connectivity index is 4.26. The van der Waals surface area contributed by atoms with Gasteiger partial charge in [0, 0.05) is 6.42 Å². The lowest BCUT2D eigenvalue weighted by Gasteiger charge is -2.13. The summed E-state index contributed by atoms with van der Waals surface area (Å²) in [6, 6.07) is 0. The quantitative estimate of drug-likeness (QED) is 0.364. The van der Waals surface area contributed by atoms with E-state index in [2.05, 4.69) is 6.58 Å². The fourth-order valence-corrected chi connectivity index (χ4v) is 0.810. The zero-order valence-electron chi connectivity index (χ0n) is 7.69. The van der Waals surface area contributed by atoms with Crippen molar-refractivity contribution in [3.63, 3.8) is 0 Å². The maximum Gasteiger partial charge on any atom is 0.0907 e. The average Bonchev–Trinajstić information content (AvgIpc) is 2.11. The Morgan fingerprint density at radius 3 is 2.15 bits per heavy atom. The van der Waals surface area contributed by atoms with Crippen LogP contribution in [0, 0.1) is 0 Å². The van der Waals surface area contributed by atoms with Gasteiger partial charge in [-0.15, -0.1) is 0 Å². The normalized spacial score (nSPS) is 15.1. The fraction of sp³-hybridized carbons (Fsp3) is 0.556. The van der Waals surface area contributed by atoms with Crippen molar-refractivity contribution in [3.8, 4) is 0 Å². The summed E-state index contributed by atoms with van der Waals surface area (Å²) in [7, 11) is 0. The van der Waals surface area contributed by atoms with Crippen LogP contribution in [0.5, 0.6) is 0 Å². The Morgan fingerprint density at radius 2 is 1.85 bits per heavy atom. The smallest absolute Gasteiger partial charge is 0.0907 e. The SMILES string of the molecule is C=C(CO)C(O)C/C(CO)=C(\C)O. The number of aliphatic hydroxyl groups is 4. The van der Waals surface area contributed by atoms with Gasteiger partial charge in [0.15, 0.2) is 0 Å². The molecule has 1 atom stereocenters. The van der Waals surface area contributed by atoms with Crippen molar-refractivity contribution in [2.24, 2.45) is 0 Å². The van der Waals surface area contributed by atoms with Crippen molar-refractivity contribution in [2.75, 3.05) is 13.2 Å². The Labute approximate surface area is 77.5 Å². The van der Waals surface area contributed by atoms with Gasteiger partial charge in [-0.2, -0.15) is 0 Å². The molecule has 1 unspecified atom stereocenters. The highest BCUT2D eigenvalue weighted by Gasteiger charge is 2.11. The molecule has 0 amide bonds. The van der Waals surface area contributed by atoms with Crippen LogP contribution in [-0.2, 0) is 0 Å². The molecular weight excluding hydrogens is 172 g/mol. The molecule has 0 aliphatic rings. The standard InChI is InChI=1S/C9H16O4/c1-6(4-10)9(13)3-8(5-11)7(2)12/h9-13H,1,3-5H2,2H3/b8-7-. The molecule has 0 bridgehead atoms. The second kappa shape index (κ2) is 5.75. The largest absolute Gasteiger partial charge is 0.513 e. The molecule has 13 heavy (non-hydrogen) atoms. The Morgan fingerprint density at radius 1 is 1.31 bits per heavy atom. The monoisotopic (exact) mass is 188 g/mol. The molecular formula is C9H16O4. The first kappa shape index (κ1) is 12.2. The molecule has 4 nitrogen and oxygen atoms in total. The highest BCUT2D eigenvalue weighted by molar-refractivity contribution is 5.13. The maximum absolute atomic E-state index is 9.35. The van der Waals surface area contributed by atoms with Crippen LogP contribution in [0.3, 0.4) is 0 Å². The third-order valence-electron chi connectivity index (χ3n) is 1.82. The van der Waals surface area contributed by atoms with Crippen LogP contribution < -0.4 is 0 Å². The first-order valence-electron chi connectivity index (χ1n) is 3.98. The van der Waals surface area contributed by atoms with Gasteiger partial charge in [-0.3, -0.25) is 0 Å². The lowest BCUT2D eigenvalue weighted by Crippen LogP contribution is -2.15. The fourth-order valence-electron chi connectivity index (χ4n) is 0.810. The molecule has 0 radical (unpaired) electrons. The Hall–Kier alpha value is -0.840. The molecule has 0 heterocycles. The van der Waals surface area contributed by atoms with Crippen molar-refractivity contribution in [2.45, 2.75) is 19.4 Å². The van der Waals surface area contributed by atoms with E-state index in [1.54, 1.807) is 0 Å². The van der Waals surface area contributed by atoms with Crippen molar-refractivity contribution in [1.82, 2.24) is 0 Å². The van der Waals surface area contributed by atoms with E-state index in [-0.39, 0.29) is 31.0 Å². The Kier molecular flexibility index (Phi) is 5.37. The van der Waals surface area contributed by atoms with E-state index in [1.165, 1.54) is 6.92 Å². The maximum atomic E-state index is 9.35. The summed E-state index contributed by atoms with van der Waals surface area (Å²) >= 11 is 0. The lowest BCUT2D eigenvalue weighted by molar-refractivity contribution is 0.179. The molecule has 76 valence electrons. The molecule has 0 rings (SSSR count). The number of hydrogen-bond donors (Lipinski definition) is 4. The van der Waals surface area contributed by atoms with E-state index in [0.717, 1.165) is 0 Å². The van der Waals surface area contributed by atoms with Crippen LogP contribution in [0.15, 0.2) is 23.5 Å². The highest BCUT2D eigenvalue weighted by atomic mass is 16.3. The van der Waals surface area contributed by atoms with Gasteiger partial charge in [0.05, 0.1) is 25.1 Å². The van der Waals surface area contributed by atoms with E-state index < -0.39 is 6.10 Å². The predicted molar refractivity (Wildman–Crippen MR) is 49.3 cm³/mol.